The number of aromatic nitrogens is 3. The average molecular weight is 548 g/mol. The number of nitrogens with zero attached hydrogens (tertiary/aromatic N) is 6. The summed E-state index contributed by atoms with van der Waals surface area (Å²) in [6.45, 7) is 14.9. The smallest absolute Gasteiger partial charge is 0.160 e. The van der Waals surface area contributed by atoms with Crippen LogP contribution in [0.2, 0.25) is 0 Å². The molecule has 2 N–H and O–H groups in total. The lowest BCUT2D eigenvalue weighted by Gasteiger charge is -2.46. The predicted molar refractivity (Wildman–Crippen MR) is 162 cm³/mol. The van der Waals surface area contributed by atoms with E-state index in [4.69, 9.17) is 9.97 Å². The van der Waals surface area contributed by atoms with E-state index in [2.05, 4.69) is 84.7 Å². The predicted octanol–water partition coefficient (Wildman–Crippen LogP) is 4.73. The number of hydrogen-bond acceptors (Lipinski definition) is 7. The van der Waals surface area contributed by atoms with Crippen molar-refractivity contribution in [2.45, 2.75) is 90.1 Å². The molecule has 40 heavy (non-hydrogen) atoms. The van der Waals surface area contributed by atoms with Crippen molar-refractivity contribution in [3.05, 3.63) is 53.5 Å². The average Bonchev–Trinajstić information content (AvgIpc) is 3.29. The topological polar surface area (TPSA) is 72.7 Å². The Morgan fingerprint density at radius 2 is 1.82 bits per heavy atom. The van der Waals surface area contributed by atoms with Crippen molar-refractivity contribution < 1.29 is 5.11 Å². The Balaban J connectivity index is 1.35. The minimum atomic E-state index is -0.0560. The van der Waals surface area contributed by atoms with Gasteiger partial charge in [0.25, 0.3) is 0 Å². The molecule has 0 aliphatic carbocycles. The minimum absolute atomic E-state index is 0.0560. The number of aryl methyl sites for hydroxylation is 1. The molecular formula is C32H49N7O. The highest BCUT2D eigenvalue weighted by Gasteiger charge is 2.38. The van der Waals surface area contributed by atoms with E-state index >= 15 is 0 Å². The number of phenols is 1. The zero-order valence-electron chi connectivity index (χ0n) is 25.4. The summed E-state index contributed by atoms with van der Waals surface area (Å²) in [5, 5.41) is 13.8. The van der Waals surface area contributed by atoms with Gasteiger partial charge in [-0.1, -0.05) is 25.5 Å². The van der Waals surface area contributed by atoms with Crippen molar-refractivity contribution in [3.8, 4) is 5.75 Å². The Morgan fingerprint density at radius 1 is 1.10 bits per heavy atom. The summed E-state index contributed by atoms with van der Waals surface area (Å²) in [4.78, 5) is 17.7. The molecule has 2 aliphatic rings. The number of piperidine rings is 1. The molecule has 0 bridgehead atoms. The molecule has 0 unspecified atom stereocenters. The molecule has 2 fully saturated rings. The molecule has 1 aromatic carbocycles. The third-order valence-corrected chi connectivity index (χ3v) is 9.20. The molecule has 3 atom stereocenters. The minimum Gasteiger partial charge on any atom is -0.508 e. The monoisotopic (exact) mass is 547 g/mol. The van der Waals surface area contributed by atoms with Gasteiger partial charge in [0.15, 0.2) is 5.65 Å². The normalized spacial score (nSPS) is 23.2. The summed E-state index contributed by atoms with van der Waals surface area (Å²) in [5.41, 5.74) is 4.40. The van der Waals surface area contributed by atoms with Gasteiger partial charge in [0, 0.05) is 63.1 Å². The molecule has 5 rings (SSSR count). The molecule has 8 nitrogen and oxygen atoms in total. The van der Waals surface area contributed by atoms with Gasteiger partial charge in [-0.2, -0.15) is 0 Å². The molecule has 2 aliphatic heterocycles. The quantitative estimate of drug-likeness (QED) is 0.401. The lowest BCUT2D eigenvalue weighted by Crippen LogP contribution is -2.55. The first-order valence-corrected chi connectivity index (χ1v) is 15.3. The van der Waals surface area contributed by atoms with Gasteiger partial charge in [-0.05, 0) is 83.5 Å². The van der Waals surface area contributed by atoms with Crippen molar-refractivity contribution in [2.75, 3.05) is 40.3 Å². The van der Waals surface area contributed by atoms with Crippen LogP contribution >= 0.6 is 0 Å². The Kier molecular flexibility index (Phi) is 8.80. The van der Waals surface area contributed by atoms with Gasteiger partial charge in [-0.25, -0.2) is 9.97 Å². The van der Waals surface area contributed by atoms with E-state index in [9.17, 15) is 5.11 Å². The first kappa shape index (κ1) is 29.0. The molecule has 2 saturated heterocycles. The molecule has 2 aromatic heterocycles. The van der Waals surface area contributed by atoms with Crippen LogP contribution in [0, 0.1) is 0 Å². The summed E-state index contributed by atoms with van der Waals surface area (Å²) in [6, 6.07) is 11.4. The van der Waals surface area contributed by atoms with Crippen LogP contribution in [-0.2, 0) is 18.6 Å². The van der Waals surface area contributed by atoms with E-state index in [0.717, 1.165) is 76.1 Å². The van der Waals surface area contributed by atoms with Gasteiger partial charge in [0.2, 0.25) is 0 Å². The number of piperazine rings is 1. The summed E-state index contributed by atoms with van der Waals surface area (Å²) >= 11 is 0. The van der Waals surface area contributed by atoms with Gasteiger partial charge in [-0.3, -0.25) is 14.7 Å². The van der Waals surface area contributed by atoms with Gasteiger partial charge in [0.05, 0.1) is 6.04 Å². The fourth-order valence-electron chi connectivity index (χ4n) is 7.22. The molecule has 3 aromatic rings. The first-order valence-electron chi connectivity index (χ1n) is 15.3. The van der Waals surface area contributed by atoms with Crippen LogP contribution < -0.4 is 5.32 Å². The highest BCUT2D eigenvalue weighted by Crippen LogP contribution is 2.39. The summed E-state index contributed by atoms with van der Waals surface area (Å²) in [5.74, 6) is 1.51. The Labute approximate surface area is 240 Å². The maximum Gasteiger partial charge on any atom is 0.160 e. The highest BCUT2D eigenvalue weighted by atomic mass is 16.3. The first-order chi connectivity index (χ1) is 19.2. The lowest BCUT2D eigenvalue weighted by molar-refractivity contribution is 0.0505. The summed E-state index contributed by atoms with van der Waals surface area (Å²) in [6.07, 6.45) is 6.35. The molecule has 4 heterocycles. The number of benzene rings is 1. The third-order valence-electron chi connectivity index (χ3n) is 9.20. The maximum absolute atomic E-state index is 10.1. The number of nitrogens with one attached hydrogen (secondary N) is 1. The standard InChI is InChI=1S/C32H49N7O/c1-7-10-29(38-20-23(3)34-24(4)21-38)31-35-28-17-25(19-33-30(28)39(31)8-2)22-37-15-13-32(14-16-37,36(5)6)26-11-9-12-27(40)18-26/h9,11-12,17-19,23-24,29,34,40H,7-8,10,13-16,20-22H2,1-6H3/t23-,24+,29-/m1/s1. The van der Waals surface area contributed by atoms with Crippen LogP contribution in [0.1, 0.15) is 76.4 Å². The van der Waals surface area contributed by atoms with Crippen molar-refractivity contribution in [3.63, 3.8) is 0 Å². The van der Waals surface area contributed by atoms with Crippen LogP contribution in [0.15, 0.2) is 36.5 Å². The van der Waals surface area contributed by atoms with Crippen molar-refractivity contribution >= 4 is 11.2 Å². The maximum atomic E-state index is 10.1. The second-order valence-electron chi connectivity index (χ2n) is 12.4. The van der Waals surface area contributed by atoms with Gasteiger partial charge >= 0.3 is 0 Å². The molecule has 0 spiro atoms. The fraction of sp³-hybridized carbons (Fsp3) is 0.625. The van der Waals surface area contributed by atoms with E-state index < -0.39 is 0 Å². The summed E-state index contributed by atoms with van der Waals surface area (Å²) < 4.78 is 2.35. The SMILES string of the molecule is CCC[C@H](c1nc2cc(CN3CCC(c4cccc(O)c4)(N(C)C)CC3)cnc2n1CC)N1C[C@@H](C)N[C@@H](C)C1. The largest absolute Gasteiger partial charge is 0.508 e. The molecule has 218 valence electrons. The van der Waals surface area contributed by atoms with Crippen LogP contribution in [0.3, 0.4) is 0 Å². The Bertz CT molecular complexity index is 1270. The zero-order chi connectivity index (χ0) is 28.4. The van der Waals surface area contributed by atoms with Crippen LogP contribution in [0.5, 0.6) is 5.75 Å². The number of pyridine rings is 1. The number of rotatable bonds is 9. The lowest BCUT2D eigenvalue weighted by atomic mass is 9.79. The molecular weight excluding hydrogens is 498 g/mol. The molecule has 0 amide bonds. The van der Waals surface area contributed by atoms with Gasteiger partial charge in [0.1, 0.15) is 17.1 Å². The molecule has 0 radical (unpaired) electrons. The summed E-state index contributed by atoms with van der Waals surface area (Å²) in [7, 11) is 4.32. The number of hydrogen-bond donors (Lipinski definition) is 2. The van der Waals surface area contributed by atoms with E-state index in [0.29, 0.717) is 23.9 Å². The number of fused-ring (bicyclic) bond motifs is 1. The van der Waals surface area contributed by atoms with E-state index in [1.54, 1.807) is 6.07 Å². The number of aromatic hydroxyl groups is 1. The van der Waals surface area contributed by atoms with Crippen molar-refractivity contribution in [1.29, 1.82) is 0 Å². The number of phenolic OH excluding ortho intramolecular Hbond substituents is 1. The van der Waals surface area contributed by atoms with Gasteiger partial charge < -0.3 is 15.0 Å². The van der Waals surface area contributed by atoms with E-state index in [-0.39, 0.29) is 5.54 Å². The Hall–Kier alpha value is -2.52. The highest BCUT2D eigenvalue weighted by molar-refractivity contribution is 5.72. The van der Waals surface area contributed by atoms with E-state index in [1.165, 1.54) is 17.0 Å². The van der Waals surface area contributed by atoms with Crippen LogP contribution in [0.4, 0.5) is 0 Å². The van der Waals surface area contributed by atoms with Crippen LogP contribution in [0.25, 0.3) is 11.2 Å². The third kappa shape index (κ3) is 5.77. The van der Waals surface area contributed by atoms with Crippen molar-refractivity contribution in [2.24, 2.45) is 0 Å². The van der Waals surface area contributed by atoms with E-state index in [1.807, 2.05) is 12.1 Å². The van der Waals surface area contributed by atoms with Gasteiger partial charge in [-0.15, -0.1) is 0 Å². The zero-order valence-corrected chi connectivity index (χ0v) is 25.4. The Morgan fingerprint density at radius 3 is 2.45 bits per heavy atom. The number of likely N-dealkylation sites (tertiary alicyclic amines) is 1. The second-order valence-corrected chi connectivity index (χ2v) is 12.4. The van der Waals surface area contributed by atoms with Crippen LogP contribution in [-0.4, -0.2) is 86.7 Å². The number of imidazole rings is 1. The second kappa shape index (κ2) is 12.1. The van der Waals surface area contributed by atoms with Crippen molar-refractivity contribution in [1.82, 2.24) is 34.6 Å². The fourth-order valence-corrected chi connectivity index (χ4v) is 7.22. The molecule has 0 saturated carbocycles. The molecule has 8 heteroatoms.